The number of nitrogens with two attached hydrogens (primary N) is 1. The molecule has 0 rings (SSSR count). The Labute approximate surface area is 57.7 Å². The fraction of sp³-hybridized carbons (Fsp3) is 0.667. The first-order valence-electron chi connectivity index (χ1n) is 2.85. The van der Waals surface area contributed by atoms with Crippen LogP contribution in [0.25, 0.3) is 0 Å². The Morgan fingerprint density at radius 3 is 2.00 bits per heavy atom. The summed E-state index contributed by atoms with van der Waals surface area (Å²) >= 11 is 0. The third-order valence-corrected chi connectivity index (χ3v) is 0.960. The van der Waals surface area contributed by atoms with Crippen molar-refractivity contribution in [2.45, 2.75) is 26.1 Å². The molecule has 0 aliphatic rings. The van der Waals surface area contributed by atoms with E-state index >= 15 is 0 Å². The average molecular weight is 153 g/mol. The molecule has 10 heavy (non-hydrogen) atoms. The van der Waals surface area contributed by atoms with E-state index in [1.807, 2.05) is 0 Å². The van der Waals surface area contributed by atoms with Crippen LogP contribution in [-0.2, 0) is 0 Å². The predicted octanol–water partition coefficient (Wildman–Crippen LogP) is 1.84. The number of hydrogen-bond donors (Lipinski definition) is 1. The van der Waals surface area contributed by atoms with Gasteiger partial charge in [0.15, 0.2) is 0 Å². The third kappa shape index (κ3) is 3.50. The van der Waals surface area contributed by atoms with E-state index in [0.717, 1.165) is 13.0 Å². The largest absolute Gasteiger partial charge is 0.412 e. The summed E-state index contributed by atoms with van der Waals surface area (Å²) < 4.78 is 35.1. The number of alkyl halides is 3. The summed E-state index contributed by atoms with van der Waals surface area (Å²) in [5.74, 6) is 0. The first-order valence-corrected chi connectivity index (χ1v) is 2.85. The molecular formula is C6H10F3N. The zero-order valence-electron chi connectivity index (χ0n) is 5.87. The summed E-state index contributed by atoms with van der Waals surface area (Å²) in [6.07, 6.45) is -3.24. The second-order valence-electron chi connectivity index (χ2n) is 2.21. The van der Waals surface area contributed by atoms with Crippen LogP contribution in [0.2, 0.25) is 0 Å². The van der Waals surface area contributed by atoms with Crippen LogP contribution >= 0.6 is 0 Å². The van der Waals surface area contributed by atoms with Gasteiger partial charge in [0, 0.05) is 11.6 Å². The molecular weight excluding hydrogens is 143 g/mol. The Kier molecular flexibility index (Phi) is 2.90. The first kappa shape index (κ1) is 9.49. The van der Waals surface area contributed by atoms with E-state index in [4.69, 9.17) is 5.73 Å². The lowest BCUT2D eigenvalue weighted by Gasteiger charge is -2.07. The van der Waals surface area contributed by atoms with Crippen molar-refractivity contribution in [3.63, 3.8) is 0 Å². The van der Waals surface area contributed by atoms with Gasteiger partial charge in [-0.1, -0.05) is 6.08 Å². The number of halogens is 3. The van der Waals surface area contributed by atoms with E-state index in [9.17, 15) is 13.2 Å². The molecule has 0 radical (unpaired) electrons. The minimum absolute atomic E-state index is 0.540. The van der Waals surface area contributed by atoms with E-state index in [1.165, 1.54) is 6.92 Å². The molecule has 0 spiro atoms. The maximum atomic E-state index is 11.7. The van der Waals surface area contributed by atoms with Crippen molar-refractivity contribution in [1.82, 2.24) is 0 Å². The summed E-state index contributed by atoms with van der Waals surface area (Å²) in [4.78, 5) is 0. The van der Waals surface area contributed by atoms with Crippen molar-refractivity contribution in [1.29, 1.82) is 0 Å². The highest BCUT2D eigenvalue weighted by Crippen LogP contribution is 2.24. The summed E-state index contributed by atoms with van der Waals surface area (Å²) in [5.41, 5.74) is 4.48. The lowest BCUT2D eigenvalue weighted by Crippen LogP contribution is -2.16. The monoisotopic (exact) mass is 153 g/mol. The molecule has 0 aliphatic carbocycles. The van der Waals surface area contributed by atoms with Gasteiger partial charge in [0.1, 0.15) is 0 Å². The maximum Gasteiger partial charge on any atom is 0.412 e. The summed E-state index contributed by atoms with van der Waals surface area (Å²) in [7, 11) is 0. The molecule has 60 valence electrons. The smallest absolute Gasteiger partial charge is 0.325 e. The van der Waals surface area contributed by atoms with Crippen LogP contribution in [0, 0.1) is 0 Å². The zero-order valence-corrected chi connectivity index (χ0v) is 5.87. The molecule has 1 atom stereocenters. The lowest BCUT2D eigenvalue weighted by atomic mass is 10.2. The highest BCUT2D eigenvalue weighted by Gasteiger charge is 2.29. The predicted molar refractivity (Wildman–Crippen MR) is 33.5 cm³/mol. The molecule has 0 heterocycles. The Balaban J connectivity index is 4.20. The van der Waals surface area contributed by atoms with Gasteiger partial charge < -0.3 is 5.73 Å². The van der Waals surface area contributed by atoms with Crippen molar-refractivity contribution < 1.29 is 13.2 Å². The molecule has 0 bridgehead atoms. The van der Waals surface area contributed by atoms with Crippen molar-refractivity contribution in [2.75, 3.05) is 0 Å². The maximum absolute atomic E-state index is 11.7. The summed E-state index contributed by atoms with van der Waals surface area (Å²) in [6.45, 7) is 2.50. The Morgan fingerprint density at radius 2 is 1.90 bits per heavy atom. The molecule has 0 amide bonds. The Hall–Kier alpha value is -0.510. The van der Waals surface area contributed by atoms with E-state index in [0.29, 0.717) is 0 Å². The van der Waals surface area contributed by atoms with Crippen LogP contribution in [0.4, 0.5) is 13.2 Å². The van der Waals surface area contributed by atoms with Gasteiger partial charge in [0.25, 0.3) is 0 Å². The summed E-state index contributed by atoms with van der Waals surface area (Å²) in [5, 5.41) is 0. The molecule has 2 N–H and O–H groups in total. The minimum Gasteiger partial charge on any atom is -0.325 e. The second kappa shape index (κ2) is 3.05. The molecule has 0 aromatic carbocycles. The normalized spacial score (nSPS) is 17.2. The number of hydrogen-bond acceptors (Lipinski definition) is 1. The van der Waals surface area contributed by atoms with Crippen LogP contribution in [0.15, 0.2) is 11.6 Å². The lowest BCUT2D eigenvalue weighted by molar-refractivity contribution is -0.0916. The zero-order chi connectivity index (χ0) is 8.36. The van der Waals surface area contributed by atoms with Gasteiger partial charge in [-0.2, -0.15) is 13.2 Å². The molecule has 0 aromatic rings. The quantitative estimate of drug-likeness (QED) is 0.571. The summed E-state index contributed by atoms with van der Waals surface area (Å²) in [6, 6.07) is -0.540. The van der Waals surface area contributed by atoms with Crippen LogP contribution in [-0.4, -0.2) is 12.2 Å². The van der Waals surface area contributed by atoms with Gasteiger partial charge in [0.05, 0.1) is 0 Å². The van der Waals surface area contributed by atoms with E-state index < -0.39 is 17.8 Å². The topological polar surface area (TPSA) is 26.0 Å². The fourth-order valence-electron chi connectivity index (χ4n) is 0.489. The number of allylic oxidation sites excluding steroid dienone is 1. The third-order valence-electron chi connectivity index (χ3n) is 0.960. The van der Waals surface area contributed by atoms with Crippen molar-refractivity contribution in [3.8, 4) is 0 Å². The van der Waals surface area contributed by atoms with Crippen LogP contribution in [0.5, 0.6) is 0 Å². The molecule has 0 saturated carbocycles. The van der Waals surface area contributed by atoms with Gasteiger partial charge in [-0.3, -0.25) is 0 Å². The van der Waals surface area contributed by atoms with Crippen molar-refractivity contribution >= 4 is 0 Å². The van der Waals surface area contributed by atoms with E-state index in [2.05, 4.69) is 0 Å². The van der Waals surface area contributed by atoms with Gasteiger partial charge in [-0.15, -0.1) is 0 Å². The SMILES string of the molecule is CC(=CC(C)N)C(F)(F)F. The van der Waals surface area contributed by atoms with Crippen LogP contribution in [0.1, 0.15) is 13.8 Å². The molecule has 0 saturated heterocycles. The number of rotatable bonds is 1. The standard InChI is InChI=1S/C6H10F3N/c1-4(3-5(2)10)6(7,8)9/h3,5H,10H2,1-2H3. The molecule has 0 aromatic heterocycles. The van der Waals surface area contributed by atoms with Gasteiger partial charge in [-0.05, 0) is 13.8 Å². The molecule has 0 fully saturated rings. The average Bonchev–Trinajstić information content (AvgIpc) is 1.60. The second-order valence-corrected chi connectivity index (χ2v) is 2.21. The Morgan fingerprint density at radius 1 is 1.50 bits per heavy atom. The van der Waals surface area contributed by atoms with Crippen LogP contribution in [0.3, 0.4) is 0 Å². The van der Waals surface area contributed by atoms with Crippen molar-refractivity contribution in [3.05, 3.63) is 11.6 Å². The Bertz CT molecular complexity index is 134. The highest BCUT2D eigenvalue weighted by molar-refractivity contribution is 5.07. The molecule has 1 unspecified atom stereocenters. The molecule has 4 heteroatoms. The van der Waals surface area contributed by atoms with Gasteiger partial charge in [-0.25, -0.2) is 0 Å². The molecule has 1 nitrogen and oxygen atoms in total. The van der Waals surface area contributed by atoms with Crippen LogP contribution < -0.4 is 5.73 Å². The van der Waals surface area contributed by atoms with Gasteiger partial charge >= 0.3 is 6.18 Å². The fourth-order valence-corrected chi connectivity index (χ4v) is 0.489. The van der Waals surface area contributed by atoms with E-state index in [1.54, 1.807) is 0 Å². The minimum atomic E-state index is -4.23. The first-order chi connectivity index (χ1) is 4.34. The van der Waals surface area contributed by atoms with Crippen molar-refractivity contribution in [2.24, 2.45) is 5.73 Å². The van der Waals surface area contributed by atoms with Gasteiger partial charge in [0.2, 0.25) is 0 Å². The van der Waals surface area contributed by atoms with E-state index in [-0.39, 0.29) is 0 Å². The highest BCUT2D eigenvalue weighted by atomic mass is 19.4. The molecule has 0 aliphatic heterocycles.